The van der Waals surface area contributed by atoms with E-state index in [0.717, 1.165) is 17.1 Å². The maximum absolute atomic E-state index is 11.7. The van der Waals surface area contributed by atoms with Gasteiger partial charge in [-0.05, 0) is 30.0 Å². The maximum Gasteiger partial charge on any atom is 0.309 e. The second-order valence-corrected chi connectivity index (χ2v) is 4.77. The number of methoxy groups -OCH3 is 1. The Labute approximate surface area is 107 Å². The van der Waals surface area contributed by atoms with Crippen molar-refractivity contribution in [3.8, 4) is 11.5 Å². The van der Waals surface area contributed by atoms with Crippen molar-refractivity contribution >= 4 is 5.97 Å². The van der Waals surface area contributed by atoms with Gasteiger partial charge in [-0.2, -0.15) is 0 Å². The molecule has 1 aliphatic rings. The van der Waals surface area contributed by atoms with Crippen LogP contribution in [0.1, 0.15) is 19.4 Å². The van der Waals surface area contributed by atoms with Gasteiger partial charge in [0.2, 0.25) is 6.79 Å². The van der Waals surface area contributed by atoms with Crippen molar-refractivity contribution in [2.45, 2.75) is 20.3 Å². The average Bonchev–Trinajstić information content (AvgIpc) is 2.82. The first kappa shape index (κ1) is 12.7. The van der Waals surface area contributed by atoms with E-state index in [1.165, 1.54) is 7.11 Å². The zero-order valence-electron chi connectivity index (χ0n) is 10.9. The van der Waals surface area contributed by atoms with E-state index in [2.05, 4.69) is 0 Å². The van der Waals surface area contributed by atoms with Crippen molar-refractivity contribution in [3.05, 3.63) is 23.8 Å². The summed E-state index contributed by atoms with van der Waals surface area (Å²) in [5, 5.41) is 0. The molecule has 0 aromatic heterocycles. The molecule has 1 aliphatic heterocycles. The quantitative estimate of drug-likeness (QED) is 0.770. The molecule has 4 nitrogen and oxygen atoms in total. The number of fused-ring (bicyclic) bond motifs is 1. The monoisotopic (exact) mass is 250 g/mol. The van der Waals surface area contributed by atoms with Crippen LogP contribution in [0.3, 0.4) is 0 Å². The Morgan fingerprint density at radius 1 is 1.33 bits per heavy atom. The molecule has 18 heavy (non-hydrogen) atoms. The normalized spacial score (nSPS) is 14.7. The van der Waals surface area contributed by atoms with Crippen LogP contribution in [-0.4, -0.2) is 19.9 Å². The highest BCUT2D eigenvalue weighted by Crippen LogP contribution is 2.33. The van der Waals surface area contributed by atoms with E-state index in [-0.39, 0.29) is 24.6 Å². The van der Waals surface area contributed by atoms with Gasteiger partial charge in [0.25, 0.3) is 0 Å². The van der Waals surface area contributed by atoms with Gasteiger partial charge in [-0.3, -0.25) is 4.79 Å². The second kappa shape index (κ2) is 5.29. The summed E-state index contributed by atoms with van der Waals surface area (Å²) in [6.45, 7) is 4.31. The minimum Gasteiger partial charge on any atom is -0.469 e. The molecule has 4 heteroatoms. The van der Waals surface area contributed by atoms with Gasteiger partial charge in [0.15, 0.2) is 11.5 Å². The Bertz CT molecular complexity index is 439. The Morgan fingerprint density at radius 2 is 2.06 bits per heavy atom. The highest BCUT2D eigenvalue weighted by molar-refractivity contribution is 5.73. The molecule has 0 aliphatic carbocycles. The lowest BCUT2D eigenvalue weighted by Gasteiger charge is -2.18. The van der Waals surface area contributed by atoms with E-state index in [4.69, 9.17) is 14.2 Å². The number of carbonyl (C=O) groups excluding carboxylic acids is 1. The fraction of sp³-hybridized carbons (Fsp3) is 0.500. The van der Waals surface area contributed by atoms with Crippen LogP contribution in [-0.2, 0) is 16.0 Å². The molecule has 0 saturated heterocycles. The lowest BCUT2D eigenvalue weighted by Crippen LogP contribution is -2.23. The SMILES string of the molecule is COC(=O)C(Cc1ccc2c(c1)OCO2)C(C)C. The Balaban J connectivity index is 2.14. The average molecular weight is 250 g/mol. The summed E-state index contributed by atoms with van der Waals surface area (Å²) in [5.41, 5.74) is 1.06. The molecule has 0 bridgehead atoms. The molecule has 1 heterocycles. The maximum atomic E-state index is 11.7. The molecule has 1 aromatic rings. The number of hydrogen-bond donors (Lipinski definition) is 0. The number of carbonyl (C=O) groups is 1. The van der Waals surface area contributed by atoms with Gasteiger partial charge in [0.05, 0.1) is 13.0 Å². The van der Waals surface area contributed by atoms with Crippen molar-refractivity contribution in [1.29, 1.82) is 0 Å². The molecule has 0 radical (unpaired) electrons. The summed E-state index contributed by atoms with van der Waals surface area (Å²) in [7, 11) is 1.43. The van der Waals surface area contributed by atoms with E-state index < -0.39 is 0 Å². The van der Waals surface area contributed by atoms with Crippen LogP contribution in [0, 0.1) is 11.8 Å². The summed E-state index contributed by atoms with van der Waals surface area (Å²) in [4.78, 5) is 11.7. The van der Waals surface area contributed by atoms with Crippen molar-refractivity contribution in [2.24, 2.45) is 11.8 Å². The number of hydrogen-bond acceptors (Lipinski definition) is 4. The van der Waals surface area contributed by atoms with Crippen LogP contribution in [0.2, 0.25) is 0 Å². The van der Waals surface area contributed by atoms with Crippen LogP contribution >= 0.6 is 0 Å². The predicted octanol–water partition coefficient (Wildman–Crippen LogP) is 2.40. The highest BCUT2D eigenvalue weighted by atomic mass is 16.7. The van der Waals surface area contributed by atoms with E-state index in [1.807, 2.05) is 32.0 Å². The van der Waals surface area contributed by atoms with Crippen LogP contribution in [0.15, 0.2) is 18.2 Å². The fourth-order valence-corrected chi connectivity index (χ4v) is 2.06. The highest BCUT2D eigenvalue weighted by Gasteiger charge is 2.24. The van der Waals surface area contributed by atoms with Crippen molar-refractivity contribution in [3.63, 3.8) is 0 Å². The molecule has 1 atom stereocenters. The molecule has 0 N–H and O–H groups in total. The van der Waals surface area contributed by atoms with Gasteiger partial charge < -0.3 is 14.2 Å². The number of esters is 1. The lowest BCUT2D eigenvalue weighted by atomic mass is 9.89. The summed E-state index contributed by atoms with van der Waals surface area (Å²) in [5.74, 6) is 1.46. The summed E-state index contributed by atoms with van der Waals surface area (Å²) >= 11 is 0. The molecule has 1 aromatic carbocycles. The minimum atomic E-state index is -0.164. The zero-order chi connectivity index (χ0) is 13.1. The minimum absolute atomic E-state index is 0.129. The van der Waals surface area contributed by atoms with Gasteiger partial charge in [0.1, 0.15) is 0 Å². The second-order valence-electron chi connectivity index (χ2n) is 4.77. The van der Waals surface area contributed by atoms with E-state index in [0.29, 0.717) is 6.42 Å². The molecular formula is C14H18O4. The summed E-state index contributed by atoms with van der Waals surface area (Å²) < 4.78 is 15.4. The Morgan fingerprint density at radius 3 is 2.72 bits per heavy atom. The first-order valence-electron chi connectivity index (χ1n) is 6.08. The molecule has 0 spiro atoms. The Kier molecular flexibility index (Phi) is 3.75. The molecule has 1 unspecified atom stereocenters. The van der Waals surface area contributed by atoms with Crippen LogP contribution in [0.5, 0.6) is 11.5 Å². The summed E-state index contributed by atoms with van der Waals surface area (Å²) in [6, 6.07) is 5.78. The largest absolute Gasteiger partial charge is 0.469 e. The molecule has 0 amide bonds. The first-order chi connectivity index (χ1) is 8.61. The third-order valence-electron chi connectivity index (χ3n) is 3.20. The van der Waals surface area contributed by atoms with Crippen molar-refractivity contribution < 1.29 is 19.0 Å². The van der Waals surface area contributed by atoms with Gasteiger partial charge in [-0.25, -0.2) is 0 Å². The predicted molar refractivity (Wildman–Crippen MR) is 66.6 cm³/mol. The van der Waals surface area contributed by atoms with Crippen LogP contribution < -0.4 is 9.47 Å². The van der Waals surface area contributed by atoms with Crippen LogP contribution in [0.4, 0.5) is 0 Å². The first-order valence-corrected chi connectivity index (χ1v) is 6.08. The van der Waals surface area contributed by atoms with Gasteiger partial charge in [-0.1, -0.05) is 19.9 Å². The third-order valence-corrected chi connectivity index (χ3v) is 3.20. The topological polar surface area (TPSA) is 44.8 Å². The van der Waals surface area contributed by atoms with Gasteiger partial charge in [-0.15, -0.1) is 0 Å². The zero-order valence-corrected chi connectivity index (χ0v) is 10.9. The lowest BCUT2D eigenvalue weighted by molar-refractivity contribution is -0.146. The van der Waals surface area contributed by atoms with Crippen molar-refractivity contribution in [2.75, 3.05) is 13.9 Å². The molecule has 98 valence electrons. The number of benzene rings is 1. The van der Waals surface area contributed by atoms with E-state index in [1.54, 1.807) is 0 Å². The van der Waals surface area contributed by atoms with E-state index >= 15 is 0 Å². The van der Waals surface area contributed by atoms with Crippen molar-refractivity contribution in [1.82, 2.24) is 0 Å². The standard InChI is InChI=1S/C14H18O4/c1-9(2)11(14(15)16-3)6-10-4-5-12-13(7-10)18-8-17-12/h4-5,7,9,11H,6,8H2,1-3H3. The number of rotatable bonds is 4. The molecule has 0 saturated carbocycles. The van der Waals surface area contributed by atoms with Gasteiger partial charge >= 0.3 is 5.97 Å². The van der Waals surface area contributed by atoms with E-state index in [9.17, 15) is 4.79 Å². The van der Waals surface area contributed by atoms with Gasteiger partial charge in [0, 0.05) is 0 Å². The summed E-state index contributed by atoms with van der Waals surface area (Å²) in [6.07, 6.45) is 0.654. The molecule has 0 fully saturated rings. The van der Waals surface area contributed by atoms with Crippen LogP contribution in [0.25, 0.3) is 0 Å². The molecule has 2 rings (SSSR count). The fourth-order valence-electron chi connectivity index (χ4n) is 2.06. The molecular weight excluding hydrogens is 232 g/mol. The Hall–Kier alpha value is -1.71. The third kappa shape index (κ3) is 2.58. The smallest absolute Gasteiger partial charge is 0.309 e. The number of ether oxygens (including phenoxy) is 3.